The molecule has 3 nitrogen and oxygen atoms in total. The Balaban J connectivity index is 2.52. The first-order valence-corrected chi connectivity index (χ1v) is 7.48. The molecular weight excluding hydrogens is 306 g/mol. The van der Waals surface area contributed by atoms with E-state index in [4.69, 9.17) is 5.11 Å². The normalized spacial score (nSPS) is 10.8. The van der Waals surface area contributed by atoms with Crippen molar-refractivity contribution in [3.05, 3.63) is 34.3 Å². The van der Waals surface area contributed by atoms with E-state index in [1.54, 1.807) is 0 Å². The Hall–Kier alpha value is -0.870. The number of carbonyl (C=O) groups excluding carboxylic acids is 1. The minimum atomic E-state index is 0.127. The highest BCUT2D eigenvalue weighted by Crippen LogP contribution is 2.14. The summed E-state index contributed by atoms with van der Waals surface area (Å²) in [6.45, 7) is 4.77. The second-order valence-electron chi connectivity index (χ2n) is 4.89. The van der Waals surface area contributed by atoms with Crippen LogP contribution in [0.3, 0.4) is 0 Å². The number of hydrogen-bond acceptors (Lipinski definition) is 2. The highest BCUT2D eigenvalue weighted by Gasteiger charge is 2.15. The Kier molecular flexibility index (Phi) is 7.10. The van der Waals surface area contributed by atoms with Gasteiger partial charge in [0, 0.05) is 30.1 Å². The van der Waals surface area contributed by atoms with E-state index in [1.165, 1.54) is 0 Å². The lowest BCUT2D eigenvalue weighted by Crippen LogP contribution is -2.38. The fraction of sp³-hybridized carbons (Fsp3) is 0.533. The SMILES string of the molecule is CC(C)N(CCCO)C(=O)CCc1cccc(Br)c1. The number of hydrogen-bond donors (Lipinski definition) is 1. The fourth-order valence-electron chi connectivity index (χ4n) is 2.00. The lowest BCUT2D eigenvalue weighted by atomic mass is 10.1. The molecule has 0 saturated carbocycles. The van der Waals surface area contributed by atoms with Crippen molar-refractivity contribution in [1.82, 2.24) is 4.90 Å². The van der Waals surface area contributed by atoms with Crippen molar-refractivity contribution in [2.45, 2.75) is 39.2 Å². The molecule has 19 heavy (non-hydrogen) atoms. The maximum Gasteiger partial charge on any atom is 0.223 e. The van der Waals surface area contributed by atoms with Crippen molar-refractivity contribution in [2.24, 2.45) is 0 Å². The van der Waals surface area contributed by atoms with E-state index in [-0.39, 0.29) is 18.6 Å². The number of aliphatic hydroxyl groups excluding tert-OH is 1. The Labute approximate surface area is 123 Å². The zero-order chi connectivity index (χ0) is 14.3. The predicted octanol–water partition coefficient (Wildman–Crippen LogP) is 3.00. The summed E-state index contributed by atoms with van der Waals surface area (Å²) in [5, 5.41) is 8.87. The van der Waals surface area contributed by atoms with Gasteiger partial charge in [0.1, 0.15) is 0 Å². The van der Waals surface area contributed by atoms with Crippen LogP contribution >= 0.6 is 15.9 Å². The number of halogens is 1. The van der Waals surface area contributed by atoms with Gasteiger partial charge in [-0.05, 0) is 44.4 Å². The van der Waals surface area contributed by atoms with E-state index in [0.717, 1.165) is 16.5 Å². The molecule has 1 amide bonds. The van der Waals surface area contributed by atoms with Crippen molar-refractivity contribution in [1.29, 1.82) is 0 Å². The summed E-state index contributed by atoms with van der Waals surface area (Å²) in [4.78, 5) is 14.0. The van der Waals surface area contributed by atoms with E-state index in [2.05, 4.69) is 15.9 Å². The van der Waals surface area contributed by atoms with E-state index >= 15 is 0 Å². The van der Waals surface area contributed by atoms with Crippen molar-refractivity contribution in [2.75, 3.05) is 13.2 Å². The van der Waals surface area contributed by atoms with Crippen LogP contribution in [-0.2, 0) is 11.2 Å². The van der Waals surface area contributed by atoms with Gasteiger partial charge in [0.2, 0.25) is 5.91 Å². The number of amides is 1. The molecule has 1 aromatic rings. The van der Waals surface area contributed by atoms with Crippen LogP contribution in [0.5, 0.6) is 0 Å². The Morgan fingerprint density at radius 3 is 2.74 bits per heavy atom. The first kappa shape index (κ1) is 16.2. The largest absolute Gasteiger partial charge is 0.396 e. The van der Waals surface area contributed by atoms with Gasteiger partial charge in [-0.1, -0.05) is 28.1 Å². The highest BCUT2D eigenvalue weighted by molar-refractivity contribution is 9.10. The van der Waals surface area contributed by atoms with Crippen LogP contribution < -0.4 is 0 Å². The lowest BCUT2D eigenvalue weighted by Gasteiger charge is -2.26. The fourth-order valence-corrected chi connectivity index (χ4v) is 2.45. The van der Waals surface area contributed by atoms with Gasteiger partial charge in [-0.2, -0.15) is 0 Å². The van der Waals surface area contributed by atoms with Gasteiger partial charge >= 0.3 is 0 Å². The third-order valence-corrected chi connectivity index (χ3v) is 3.51. The standard InChI is InChI=1S/C15H22BrNO2/c1-12(2)17(9-4-10-18)15(19)8-7-13-5-3-6-14(16)11-13/h3,5-6,11-12,18H,4,7-10H2,1-2H3. The monoisotopic (exact) mass is 327 g/mol. The molecule has 1 rings (SSSR count). The zero-order valence-electron chi connectivity index (χ0n) is 11.6. The summed E-state index contributed by atoms with van der Waals surface area (Å²) in [7, 11) is 0. The molecule has 1 N–H and O–H groups in total. The summed E-state index contributed by atoms with van der Waals surface area (Å²) >= 11 is 3.43. The Morgan fingerprint density at radius 2 is 2.16 bits per heavy atom. The summed E-state index contributed by atoms with van der Waals surface area (Å²) in [6.07, 6.45) is 1.90. The second-order valence-corrected chi connectivity index (χ2v) is 5.80. The van der Waals surface area contributed by atoms with E-state index in [9.17, 15) is 4.79 Å². The van der Waals surface area contributed by atoms with Gasteiger partial charge in [-0.15, -0.1) is 0 Å². The molecule has 0 unspecified atom stereocenters. The highest BCUT2D eigenvalue weighted by atomic mass is 79.9. The first-order chi connectivity index (χ1) is 9.04. The molecule has 0 radical (unpaired) electrons. The summed E-state index contributed by atoms with van der Waals surface area (Å²) in [5.74, 6) is 0.156. The molecule has 0 aliphatic carbocycles. The molecule has 0 heterocycles. The van der Waals surface area contributed by atoms with Crippen LogP contribution in [0.25, 0.3) is 0 Å². The van der Waals surface area contributed by atoms with Crippen molar-refractivity contribution >= 4 is 21.8 Å². The summed E-state index contributed by atoms with van der Waals surface area (Å²) in [6, 6.07) is 8.22. The summed E-state index contributed by atoms with van der Waals surface area (Å²) in [5.41, 5.74) is 1.16. The van der Waals surface area contributed by atoms with Crippen LogP contribution in [0.4, 0.5) is 0 Å². The maximum absolute atomic E-state index is 12.2. The summed E-state index contributed by atoms with van der Waals surface area (Å²) < 4.78 is 1.04. The molecule has 0 aliphatic rings. The molecular formula is C15H22BrNO2. The number of aliphatic hydroxyl groups is 1. The quantitative estimate of drug-likeness (QED) is 0.836. The van der Waals surface area contributed by atoms with E-state index < -0.39 is 0 Å². The first-order valence-electron chi connectivity index (χ1n) is 6.69. The van der Waals surface area contributed by atoms with Gasteiger partial charge in [0.25, 0.3) is 0 Å². The third kappa shape index (κ3) is 5.74. The van der Waals surface area contributed by atoms with Gasteiger partial charge < -0.3 is 10.0 Å². The molecule has 0 spiro atoms. The van der Waals surface area contributed by atoms with E-state index in [0.29, 0.717) is 19.4 Å². The van der Waals surface area contributed by atoms with Gasteiger partial charge in [-0.25, -0.2) is 0 Å². The molecule has 0 aromatic heterocycles. The Bertz CT molecular complexity index is 407. The number of benzene rings is 1. The van der Waals surface area contributed by atoms with Crippen molar-refractivity contribution < 1.29 is 9.90 Å². The van der Waals surface area contributed by atoms with Gasteiger partial charge in [0.15, 0.2) is 0 Å². The van der Waals surface area contributed by atoms with E-state index in [1.807, 2.05) is 43.0 Å². The number of nitrogens with zero attached hydrogens (tertiary/aromatic N) is 1. The number of carbonyl (C=O) groups is 1. The van der Waals surface area contributed by atoms with Crippen LogP contribution in [-0.4, -0.2) is 35.1 Å². The molecule has 0 fully saturated rings. The molecule has 0 aliphatic heterocycles. The zero-order valence-corrected chi connectivity index (χ0v) is 13.2. The molecule has 1 aromatic carbocycles. The molecule has 4 heteroatoms. The third-order valence-electron chi connectivity index (χ3n) is 3.02. The minimum Gasteiger partial charge on any atom is -0.396 e. The predicted molar refractivity (Wildman–Crippen MR) is 81.0 cm³/mol. The van der Waals surface area contributed by atoms with Crippen LogP contribution in [0.2, 0.25) is 0 Å². The number of aryl methyl sites for hydroxylation is 1. The van der Waals surface area contributed by atoms with Gasteiger partial charge in [-0.3, -0.25) is 4.79 Å². The molecule has 0 atom stereocenters. The molecule has 106 valence electrons. The minimum absolute atomic E-state index is 0.127. The van der Waals surface area contributed by atoms with Crippen LogP contribution in [0.1, 0.15) is 32.3 Å². The van der Waals surface area contributed by atoms with Gasteiger partial charge in [0.05, 0.1) is 0 Å². The van der Waals surface area contributed by atoms with Crippen molar-refractivity contribution in [3.63, 3.8) is 0 Å². The van der Waals surface area contributed by atoms with Crippen molar-refractivity contribution in [3.8, 4) is 0 Å². The topological polar surface area (TPSA) is 40.5 Å². The van der Waals surface area contributed by atoms with Crippen LogP contribution in [0.15, 0.2) is 28.7 Å². The average molecular weight is 328 g/mol. The second kappa shape index (κ2) is 8.33. The van der Waals surface area contributed by atoms with Crippen LogP contribution in [0, 0.1) is 0 Å². The number of rotatable bonds is 7. The average Bonchev–Trinajstić information content (AvgIpc) is 2.36. The molecule has 0 bridgehead atoms. The lowest BCUT2D eigenvalue weighted by molar-refractivity contribution is -0.133. The smallest absolute Gasteiger partial charge is 0.223 e. The maximum atomic E-state index is 12.2. The molecule has 0 saturated heterocycles. The Morgan fingerprint density at radius 1 is 1.42 bits per heavy atom.